The second-order valence-electron chi connectivity index (χ2n) is 3.18. The van der Waals surface area contributed by atoms with Crippen LogP contribution in [-0.2, 0) is 0 Å². The minimum Gasteiger partial charge on any atom is -0.412 e. The number of rotatable bonds is 0. The smallest absolute Gasteiger partial charge is 0.101 e. The molecule has 0 amide bonds. The van der Waals surface area contributed by atoms with Crippen molar-refractivity contribution in [2.75, 3.05) is 5.73 Å². The van der Waals surface area contributed by atoms with Gasteiger partial charge in [0.05, 0.1) is 11.1 Å². The van der Waals surface area contributed by atoms with Gasteiger partial charge in [0.15, 0.2) is 0 Å². The van der Waals surface area contributed by atoms with Crippen LogP contribution in [0.5, 0.6) is 0 Å². The van der Waals surface area contributed by atoms with E-state index in [2.05, 4.69) is 0 Å². The van der Waals surface area contributed by atoms with E-state index in [4.69, 9.17) is 16.3 Å². The molecule has 0 fully saturated rings. The summed E-state index contributed by atoms with van der Waals surface area (Å²) < 4.78 is 0. The van der Waals surface area contributed by atoms with Crippen LogP contribution in [0.4, 0.5) is 5.69 Å². The number of nitrogens with zero attached hydrogens (tertiary/aromatic N) is 2. The van der Waals surface area contributed by atoms with Crippen LogP contribution in [-0.4, -0.2) is 5.48 Å². The van der Waals surface area contributed by atoms with Gasteiger partial charge in [-0.15, -0.1) is 0 Å². The lowest BCUT2D eigenvalue weighted by molar-refractivity contribution is 0.824. The van der Waals surface area contributed by atoms with Crippen LogP contribution >= 0.6 is 0 Å². The van der Waals surface area contributed by atoms with Crippen molar-refractivity contribution in [1.82, 2.24) is 0 Å². The van der Waals surface area contributed by atoms with Crippen LogP contribution in [0, 0.1) is 22.7 Å². The number of hydrogen-bond acceptors (Lipinski definition) is 3. The molecule has 2 aromatic rings. The largest absolute Gasteiger partial charge is 0.412 e. The molecule has 4 N–H and O–H groups in total. The van der Waals surface area contributed by atoms with Gasteiger partial charge in [-0.05, 0) is 24.3 Å². The molecule has 0 bridgehead atoms. The van der Waals surface area contributed by atoms with Crippen molar-refractivity contribution in [2.45, 2.75) is 0 Å². The van der Waals surface area contributed by atoms with Gasteiger partial charge >= 0.3 is 0 Å². The molecular formula is C14H13N3O. The van der Waals surface area contributed by atoms with Gasteiger partial charge in [0.2, 0.25) is 0 Å². The zero-order valence-electron chi connectivity index (χ0n) is 9.67. The third kappa shape index (κ3) is 4.80. The molecule has 0 atom stereocenters. The molecule has 2 aromatic carbocycles. The van der Waals surface area contributed by atoms with Gasteiger partial charge in [0.1, 0.15) is 12.1 Å². The summed E-state index contributed by atoms with van der Waals surface area (Å²) in [6.07, 6.45) is 0. The van der Waals surface area contributed by atoms with Gasteiger partial charge in [-0.1, -0.05) is 30.3 Å². The Balaban J connectivity index is 0.000000321. The number of para-hydroxylation sites is 1. The number of nitrogen functional groups attached to an aromatic ring is 1. The van der Waals surface area contributed by atoms with Gasteiger partial charge < -0.3 is 11.2 Å². The lowest BCUT2D eigenvalue weighted by atomic mass is 10.1. The summed E-state index contributed by atoms with van der Waals surface area (Å²) in [6, 6.07) is 20.1. The van der Waals surface area contributed by atoms with E-state index in [-0.39, 0.29) is 5.48 Å². The summed E-state index contributed by atoms with van der Waals surface area (Å²) in [4.78, 5) is 0. The first-order valence-electron chi connectivity index (χ1n) is 4.97. The lowest BCUT2D eigenvalue weighted by Crippen LogP contribution is -1.79. The van der Waals surface area contributed by atoms with Crippen molar-refractivity contribution in [3.63, 3.8) is 0 Å². The Morgan fingerprint density at radius 1 is 0.722 bits per heavy atom. The maximum absolute atomic E-state index is 8.45. The highest BCUT2D eigenvalue weighted by Gasteiger charge is 1.95. The predicted octanol–water partition coefficient (Wildman–Crippen LogP) is 1.87. The van der Waals surface area contributed by atoms with E-state index < -0.39 is 0 Å². The molecule has 0 radical (unpaired) electrons. The molecule has 2 rings (SSSR count). The minimum absolute atomic E-state index is 0. The van der Waals surface area contributed by atoms with E-state index in [1.54, 1.807) is 24.3 Å². The van der Waals surface area contributed by atoms with Crippen molar-refractivity contribution >= 4 is 5.69 Å². The van der Waals surface area contributed by atoms with Crippen molar-refractivity contribution in [3.05, 3.63) is 65.7 Å². The van der Waals surface area contributed by atoms with Gasteiger partial charge in [-0.3, -0.25) is 0 Å². The van der Waals surface area contributed by atoms with Gasteiger partial charge in [0, 0.05) is 5.69 Å². The van der Waals surface area contributed by atoms with E-state index in [1.807, 2.05) is 42.5 Å². The number of nitriles is 2. The van der Waals surface area contributed by atoms with Crippen molar-refractivity contribution in [3.8, 4) is 12.1 Å². The average Bonchev–Trinajstić information content (AvgIpc) is 2.40. The Kier molecular flexibility index (Phi) is 7.04. The predicted molar refractivity (Wildman–Crippen MR) is 70.3 cm³/mol. The van der Waals surface area contributed by atoms with Crippen molar-refractivity contribution in [1.29, 1.82) is 10.5 Å². The normalized spacial score (nSPS) is 7.67. The van der Waals surface area contributed by atoms with Gasteiger partial charge in [-0.25, -0.2) is 0 Å². The molecule has 4 heteroatoms. The Morgan fingerprint density at radius 2 is 1.11 bits per heavy atom. The summed E-state index contributed by atoms with van der Waals surface area (Å²) in [5.41, 5.74) is 7.05. The first kappa shape index (κ1) is 15.2. The minimum atomic E-state index is 0. The Hall–Kier alpha value is -2.82. The van der Waals surface area contributed by atoms with E-state index in [1.165, 1.54) is 0 Å². The zero-order chi connectivity index (χ0) is 12.5. The molecule has 0 unspecified atom stereocenters. The van der Waals surface area contributed by atoms with Crippen LogP contribution in [0.3, 0.4) is 0 Å². The summed E-state index contributed by atoms with van der Waals surface area (Å²) in [5, 5.41) is 16.9. The SMILES string of the molecule is N#Cc1ccccc1C#N.Nc1ccccc1.O. The highest BCUT2D eigenvalue weighted by molar-refractivity contribution is 5.44. The fourth-order valence-electron chi connectivity index (χ4n) is 1.13. The van der Waals surface area contributed by atoms with Crippen LogP contribution in [0.2, 0.25) is 0 Å². The van der Waals surface area contributed by atoms with Crippen LogP contribution in [0.25, 0.3) is 0 Å². The first-order valence-corrected chi connectivity index (χ1v) is 4.97. The Morgan fingerprint density at radius 3 is 1.39 bits per heavy atom. The maximum atomic E-state index is 8.45. The molecular weight excluding hydrogens is 226 g/mol. The van der Waals surface area contributed by atoms with Crippen LogP contribution in [0.1, 0.15) is 11.1 Å². The third-order valence-electron chi connectivity index (χ3n) is 1.97. The molecule has 0 aromatic heterocycles. The third-order valence-corrected chi connectivity index (χ3v) is 1.97. The zero-order valence-corrected chi connectivity index (χ0v) is 9.67. The van der Waals surface area contributed by atoms with E-state index in [9.17, 15) is 0 Å². The quantitative estimate of drug-likeness (QED) is 0.709. The number of nitrogens with two attached hydrogens (primary N) is 1. The molecule has 4 nitrogen and oxygen atoms in total. The highest BCUT2D eigenvalue weighted by atomic mass is 16.0. The summed E-state index contributed by atoms with van der Waals surface area (Å²) in [7, 11) is 0. The molecule has 0 spiro atoms. The fourth-order valence-corrected chi connectivity index (χ4v) is 1.13. The molecule has 0 heterocycles. The second kappa shape index (κ2) is 8.35. The number of anilines is 1. The molecule has 0 saturated heterocycles. The molecule has 90 valence electrons. The Bertz CT molecular complexity index is 520. The highest BCUT2D eigenvalue weighted by Crippen LogP contribution is 2.03. The molecule has 0 saturated carbocycles. The summed E-state index contributed by atoms with van der Waals surface area (Å²) >= 11 is 0. The molecule has 0 aliphatic heterocycles. The molecule has 0 aliphatic rings. The lowest BCUT2D eigenvalue weighted by Gasteiger charge is -1.88. The van der Waals surface area contributed by atoms with E-state index in [0.29, 0.717) is 11.1 Å². The van der Waals surface area contributed by atoms with Crippen LogP contribution in [0.15, 0.2) is 54.6 Å². The van der Waals surface area contributed by atoms with Gasteiger partial charge in [-0.2, -0.15) is 10.5 Å². The van der Waals surface area contributed by atoms with Crippen molar-refractivity contribution in [2.24, 2.45) is 0 Å². The topological polar surface area (TPSA) is 105 Å². The summed E-state index contributed by atoms with van der Waals surface area (Å²) in [5.74, 6) is 0. The monoisotopic (exact) mass is 239 g/mol. The maximum Gasteiger partial charge on any atom is 0.101 e. The Labute approximate surface area is 106 Å². The first-order chi connectivity index (χ1) is 8.27. The molecule has 18 heavy (non-hydrogen) atoms. The summed E-state index contributed by atoms with van der Waals surface area (Å²) in [6.45, 7) is 0. The standard InChI is InChI=1S/C8H4N2.C6H7N.H2O/c9-5-7-3-1-2-4-8(7)6-10;7-6-4-2-1-3-5-6;/h1-4H;1-5H,7H2;1H2. The second-order valence-corrected chi connectivity index (χ2v) is 3.18. The van der Waals surface area contributed by atoms with Gasteiger partial charge in [0.25, 0.3) is 0 Å². The van der Waals surface area contributed by atoms with E-state index >= 15 is 0 Å². The fraction of sp³-hybridized carbons (Fsp3) is 0. The average molecular weight is 239 g/mol. The van der Waals surface area contributed by atoms with E-state index in [0.717, 1.165) is 5.69 Å². The number of benzene rings is 2. The number of hydrogen-bond donors (Lipinski definition) is 1. The molecule has 0 aliphatic carbocycles. The van der Waals surface area contributed by atoms with Crippen molar-refractivity contribution < 1.29 is 5.48 Å². The van der Waals surface area contributed by atoms with Crippen LogP contribution < -0.4 is 5.73 Å².